The molecule has 2 N–H and O–H groups in total. The van der Waals surface area contributed by atoms with E-state index in [1.807, 2.05) is 11.8 Å². The third-order valence-corrected chi connectivity index (χ3v) is 6.98. The van der Waals surface area contributed by atoms with Crippen LogP contribution < -0.4 is 10.6 Å². The average molecular weight is 496 g/mol. The van der Waals surface area contributed by atoms with Crippen molar-refractivity contribution >= 4 is 12.0 Å². The fourth-order valence-corrected chi connectivity index (χ4v) is 4.91. The van der Waals surface area contributed by atoms with Gasteiger partial charge in [-0.2, -0.15) is 5.10 Å². The lowest BCUT2D eigenvalue weighted by Crippen LogP contribution is -2.54. The number of alkyl halides is 1. The summed E-state index contributed by atoms with van der Waals surface area (Å²) >= 11 is 0. The van der Waals surface area contributed by atoms with Gasteiger partial charge in [0.05, 0.1) is 31.0 Å². The van der Waals surface area contributed by atoms with Crippen LogP contribution in [0.15, 0.2) is 6.07 Å². The van der Waals surface area contributed by atoms with Crippen LogP contribution in [0, 0.1) is 0 Å². The second-order valence-corrected chi connectivity index (χ2v) is 9.58. The minimum atomic E-state index is -0.686. The molecule has 0 unspecified atom stereocenters. The van der Waals surface area contributed by atoms with Gasteiger partial charge in [0, 0.05) is 44.6 Å². The highest BCUT2D eigenvalue weighted by atomic mass is 19.1. The molecule has 35 heavy (non-hydrogen) atoms. The van der Waals surface area contributed by atoms with Gasteiger partial charge in [-0.3, -0.25) is 9.48 Å². The number of amides is 2. The molecule has 3 fully saturated rings. The summed E-state index contributed by atoms with van der Waals surface area (Å²) in [6.07, 6.45) is 3.46. The molecule has 2 aliphatic heterocycles. The summed E-state index contributed by atoms with van der Waals surface area (Å²) in [6, 6.07) is 2.27. The van der Waals surface area contributed by atoms with Crippen LogP contribution in [0.25, 0.3) is 0 Å². The maximum atomic E-state index is 13.5. The summed E-state index contributed by atoms with van der Waals surface area (Å²) in [7, 11) is 1.35. The number of aromatic nitrogens is 2. The molecule has 4 rings (SSSR count). The lowest BCUT2D eigenvalue weighted by atomic mass is 10.1. The molecule has 2 saturated heterocycles. The number of hydrogen-bond donors (Lipinski definition) is 2. The molecule has 1 aromatic rings. The first-order valence-corrected chi connectivity index (χ1v) is 12.7. The molecule has 3 heterocycles. The first-order chi connectivity index (χ1) is 17.0. The van der Waals surface area contributed by atoms with E-state index in [1.165, 1.54) is 7.11 Å². The van der Waals surface area contributed by atoms with E-state index in [2.05, 4.69) is 26.1 Å². The minimum absolute atomic E-state index is 0.102. The Morgan fingerprint density at radius 3 is 2.77 bits per heavy atom. The third kappa shape index (κ3) is 6.50. The van der Waals surface area contributed by atoms with Gasteiger partial charge in [-0.05, 0) is 51.5 Å². The van der Waals surface area contributed by atoms with Crippen molar-refractivity contribution < 1.29 is 28.2 Å². The van der Waals surface area contributed by atoms with Crippen molar-refractivity contribution in [3.05, 3.63) is 17.5 Å². The Morgan fingerprint density at radius 1 is 1.31 bits per heavy atom. The Kier molecular flexibility index (Phi) is 8.96. The SMILES string of the molecule is COC(=O)NCCCc1cc([C@H](C)N(C(=O)[C@H]2CNC[C@@H](CF)O2)C2CC2)nn1C1CCOCC1. The molecular formula is C24H38FN5O5. The van der Waals surface area contributed by atoms with E-state index >= 15 is 0 Å². The molecule has 0 aromatic carbocycles. The van der Waals surface area contributed by atoms with E-state index in [4.69, 9.17) is 14.6 Å². The Morgan fingerprint density at radius 2 is 2.09 bits per heavy atom. The molecule has 0 bridgehead atoms. The standard InChI is InChI=1S/C24H38FN5O5/c1-16(29(17-5-6-17)23(31)22-15-26-14-20(13-25)35-22)21-12-19(4-3-9-27-24(32)33-2)30(28-21)18-7-10-34-11-8-18/h12,16-18,20,22,26H,3-11,13-15H2,1-2H3,(H,27,32)/t16-,20+,22+/m0/s1. The van der Waals surface area contributed by atoms with Crippen LogP contribution in [0.1, 0.15) is 62.5 Å². The molecular weight excluding hydrogens is 457 g/mol. The number of methoxy groups -OCH3 is 1. The average Bonchev–Trinajstić information content (AvgIpc) is 3.64. The predicted molar refractivity (Wildman–Crippen MR) is 126 cm³/mol. The largest absolute Gasteiger partial charge is 0.453 e. The number of ether oxygens (including phenoxy) is 3. The smallest absolute Gasteiger partial charge is 0.406 e. The summed E-state index contributed by atoms with van der Waals surface area (Å²) in [6.45, 7) is 4.12. The quantitative estimate of drug-likeness (QED) is 0.478. The van der Waals surface area contributed by atoms with Crippen LogP contribution in [0.3, 0.4) is 0 Å². The van der Waals surface area contributed by atoms with Crippen LogP contribution in [0.4, 0.5) is 9.18 Å². The number of alkyl carbamates (subject to hydrolysis) is 1. The van der Waals surface area contributed by atoms with Gasteiger partial charge in [0.1, 0.15) is 12.8 Å². The van der Waals surface area contributed by atoms with Crippen molar-refractivity contribution in [2.24, 2.45) is 0 Å². The zero-order valence-electron chi connectivity index (χ0n) is 20.7. The highest BCUT2D eigenvalue weighted by Gasteiger charge is 2.42. The second kappa shape index (κ2) is 12.1. The number of halogens is 1. The van der Waals surface area contributed by atoms with E-state index in [9.17, 15) is 14.0 Å². The lowest BCUT2D eigenvalue weighted by molar-refractivity contribution is -0.154. The predicted octanol–water partition coefficient (Wildman–Crippen LogP) is 1.90. The summed E-state index contributed by atoms with van der Waals surface area (Å²) in [5, 5.41) is 10.8. The van der Waals surface area contributed by atoms with Gasteiger partial charge in [0.2, 0.25) is 0 Å². The van der Waals surface area contributed by atoms with Crippen molar-refractivity contribution in [3.8, 4) is 0 Å². The van der Waals surface area contributed by atoms with E-state index in [1.54, 1.807) is 0 Å². The van der Waals surface area contributed by atoms with Crippen molar-refractivity contribution in [1.29, 1.82) is 0 Å². The van der Waals surface area contributed by atoms with Crippen molar-refractivity contribution in [2.45, 2.75) is 75.8 Å². The van der Waals surface area contributed by atoms with Gasteiger partial charge in [0.25, 0.3) is 5.91 Å². The van der Waals surface area contributed by atoms with Gasteiger partial charge in [-0.15, -0.1) is 0 Å². The summed E-state index contributed by atoms with van der Waals surface area (Å²) in [5.41, 5.74) is 1.93. The number of hydrogen-bond acceptors (Lipinski definition) is 7. The zero-order valence-corrected chi connectivity index (χ0v) is 20.7. The van der Waals surface area contributed by atoms with E-state index in [0.717, 1.165) is 49.9 Å². The van der Waals surface area contributed by atoms with Gasteiger partial charge in [0.15, 0.2) is 0 Å². The van der Waals surface area contributed by atoms with Gasteiger partial charge < -0.3 is 29.7 Å². The molecule has 0 spiro atoms. The maximum absolute atomic E-state index is 13.5. The summed E-state index contributed by atoms with van der Waals surface area (Å²) in [4.78, 5) is 26.8. The highest BCUT2D eigenvalue weighted by Crippen LogP contribution is 2.36. The van der Waals surface area contributed by atoms with Crippen LogP contribution in [-0.4, -0.2) is 91.6 Å². The van der Waals surface area contributed by atoms with Crippen LogP contribution >= 0.6 is 0 Å². The first kappa shape index (κ1) is 25.8. The zero-order chi connectivity index (χ0) is 24.8. The van der Waals surface area contributed by atoms with Gasteiger partial charge in [-0.1, -0.05) is 0 Å². The molecule has 10 nitrogen and oxygen atoms in total. The number of nitrogens with one attached hydrogen (secondary N) is 2. The van der Waals surface area contributed by atoms with Crippen molar-refractivity contribution in [2.75, 3.05) is 46.6 Å². The third-order valence-electron chi connectivity index (χ3n) is 6.98. The normalized spacial score (nSPS) is 24.1. The number of morpholine rings is 1. The Balaban J connectivity index is 1.50. The van der Waals surface area contributed by atoms with Crippen molar-refractivity contribution in [1.82, 2.24) is 25.3 Å². The fraction of sp³-hybridized carbons (Fsp3) is 0.792. The van der Waals surface area contributed by atoms with E-state index < -0.39 is 25.0 Å². The molecule has 0 radical (unpaired) electrons. The van der Waals surface area contributed by atoms with Gasteiger partial charge >= 0.3 is 6.09 Å². The fourth-order valence-electron chi connectivity index (χ4n) is 4.91. The number of aryl methyl sites for hydroxylation is 1. The Labute approximate surface area is 205 Å². The van der Waals surface area contributed by atoms with E-state index in [-0.39, 0.29) is 24.0 Å². The molecule has 11 heteroatoms. The summed E-state index contributed by atoms with van der Waals surface area (Å²) < 4.78 is 31.2. The molecule has 1 aromatic heterocycles. The highest BCUT2D eigenvalue weighted by molar-refractivity contribution is 5.82. The monoisotopic (exact) mass is 495 g/mol. The molecule has 2 amide bonds. The van der Waals surface area contributed by atoms with Gasteiger partial charge in [-0.25, -0.2) is 9.18 Å². The Hall–Kier alpha value is -2.24. The van der Waals surface area contributed by atoms with Crippen LogP contribution in [0.2, 0.25) is 0 Å². The molecule has 3 aliphatic rings. The lowest BCUT2D eigenvalue weighted by Gasteiger charge is -2.35. The molecule has 3 atom stereocenters. The first-order valence-electron chi connectivity index (χ1n) is 12.7. The minimum Gasteiger partial charge on any atom is -0.453 e. The number of rotatable bonds is 10. The molecule has 1 saturated carbocycles. The molecule has 196 valence electrons. The van der Waals surface area contributed by atoms with Crippen LogP contribution in [0.5, 0.6) is 0 Å². The van der Waals surface area contributed by atoms with Crippen LogP contribution in [-0.2, 0) is 25.4 Å². The summed E-state index contributed by atoms with van der Waals surface area (Å²) in [5.74, 6) is -0.102. The number of carbonyl (C=O) groups excluding carboxylic acids is 2. The number of nitrogens with zero attached hydrogens (tertiary/aromatic N) is 3. The topological polar surface area (TPSA) is 107 Å². The number of carbonyl (C=O) groups is 2. The van der Waals surface area contributed by atoms with E-state index in [0.29, 0.717) is 32.8 Å². The second-order valence-electron chi connectivity index (χ2n) is 9.58. The molecule has 1 aliphatic carbocycles. The van der Waals surface area contributed by atoms with Crippen molar-refractivity contribution in [3.63, 3.8) is 0 Å². The Bertz CT molecular complexity index is 857. The maximum Gasteiger partial charge on any atom is 0.406 e.